The lowest BCUT2D eigenvalue weighted by atomic mass is 9.77. The lowest BCUT2D eigenvalue weighted by Gasteiger charge is -2.36. The van der Waals surface area contributed by atoms with Gasteiger partial charge in [0.15, 0.2) is 0 Å². The third-order valence-corrected chi connectivity index (χ3v) is 23.9. The Kier molecular flexibility index (Phi) is 43.3. The number of carbonyl (C=O) groups excluding carboxylic acids is 16. The van der Waals surface area contributed by atoms with Crippen LogP contribution in [0.3, 0.4) is 0 Å². The Morgan fingerprint density at radius 3 is 1.46 bits per heavy atom. The van der Waals surface area contributed by atoms with Crippen molar-refractivity contribution in [3.05, 3.63) is 108 Å². The highest BCUT2D eigenvalue weighted by molar-refractivity contribution is 8.03. The van der Waals surface area contributed by atoms with E-state index in [0.29, 0.717) is 27.5 Å². The SMILES string of the molecule is C=C/C(=C\C)CSC[C@H]1NC(=O)[C@@H](C)NC(=O)[C@H](Cc2cccc3ccccc23)NC(=O)[C@H](CCC(=O)O)NC(=O)[C@H](CC(N)=O)NC(=O)[C@@H](C)NC(=O)[C@@H](NC(=O)[C@H](C)N)CSCCSC[C@@H](C(N)=O)NC(=O)[C@H](C(C)(C)C)NC(=O)[C@H](CC(=O)O)NC(=O)[C@H](CC2CC[C@H]2O)NC(=O)[C@H](Cc2ccccc2)NC(=O)[C@H](CC(=O)O)NC(=O)[C@H](CCC(=O)O)NC1=O. The van der Waals surface area contributed by atoms with Gasteiger partial charge in [0.1, 0.15) is 84.6 Å². The number of carboxylic acids is 4. The Balaban J connectivity index is 1.64. The molecule has 2 fully saturated rings. The molecule has 3 aromatic rings. The fourth-order valence-corrected chi connectivity index (χ4v) is 16.3. The maximum absolute atomic E-state index is 14.9. The molecule has 1 saturated heterocycles. The maximum Gasteiger partial charge on any atom is 0.305 e. The fraction of sp³-hybridized carbons (Fsp3) is 0.518. The van der Waals surface area contributed by atoms with Gasteiger partial charge < -0.3 is 117 Å². The van der Waals surface area contributed by atoms with Crippen LogP contribution in [0.2, 0.25) is 0 Å². The number of carboxylic acid groups (broad SMARTS) is 4. The number of hydrogen-bond acceptors (Lipinski definition) is 25. The largest absolute Gasteiger partial charge is 0.481 e. The van der Waals surface area contributed by atoms with E-state index in [-0.39, 0.29) is 53.8 Å². The Labute approximate surface area is 750 Å². The Hall–Kier alpha value is -12.2. The molecule has 1 saturated carbocycles. The van der Waals surface area contributed by atoms with E-state index in [0.717, 1.165) is 42.2 Å². The summed E-state index contributed by atoms with van der Waals surface area (Å²) in [5, 5.41) is 86.1. The number of primary amides is 2. The number of nitrogens with two attached hydrogens (primary N) is 3. The number of aliphatic carboxylic acids is 4. The number of amides is 16. The number of thioether (sulfide) groups is 3. The first-order valence-electron chi connectivity index (χ1n) is 40.9. The molecule has 3 aromatic carbocycles. The van der Waals surface area contributed by atoms with Crippen LogP contribution in [-0.4, -0.2) is 275 Å². The van der Waals surface area contributed by atoms with E-state index in [1.54, 1.807) is 73.7 Å². The standard InChI is InChI=1S/C83H115N17O25S3/c1-9-44(10-2)37-128-40-60-81(124)90-51(25-28-64(105)106)73(116)95-56(35-65(107)108)78(121)92-52(31-45-17-12-11-13-18-45)75(118)94-54(33-48-23-26-61(48)101)76(119)96-57(36-66(109)110)79(122)100-67(83(6,7)8)82(125)97-58(68(86)111)38-126-29-30-127-39-59(98-69(112)41(3)84)80(123)88-42(4)70(113)91-55(34-62(85)102)77(120)89-50(24-27-63(103)104)72(115)93-53(74(117)87-43(5)71(114)99-60)32-47-21-16-20-46-19-14-15-22-49(46)47/h9-22,41-43,48,50-61,67,101H,1,23-40,84H2,2-8H3,(H2,85,102)(H2,86,111)(H,87,117)(H,88,123)(H,89,120)(H,90,124)(H,91,113)(H,92,121)(H,93,115)(H,94,118)(H,95,116)(H,96,119)(H,97,125)(H,98,112)(H,99,114)(H,100,122)(H,103,104)(H,105,106)(H,107,108)(H,109,110)/b44-10+/t41-,42+,43+,48?,50-,51-,52-,53-,54-,55-,56-,57-,58-,59-,60+,61+,67+/m0/s1. The third kappa shape index (κ3) is 35.9. The minimum Gasteiger partial charge on any atom is -0.481 e. The van der Waals surface area contributed by atoms with Crippen LogP contribution in [0.4, 0.5) is 0 Å². The number of rotatable bonds is 26. The van der Waals surface area contributed by atoms with Crippen molar-refractivity contribution in [1.82, 2.24) is 74.4 Å². The summed E-state index contributed by atoms with van der Waals surface area (Å²) < 4.78 is 0. The Morgan fingerprint density at radius 2 is 0.961 bits per heavy atom. The monoisotopic (exact) mass is 1850 g/mol. The van der Waals surface area contributed by atoms with Crippen LogP contribution < -0.4 is 91.6 Å². The van der Waals surface area contributed by atoms with E-state index in [1.165, 1.54) is 52.8 Å². The number of carbonyl (C=O) groups is 20. The van der Waals surface area contributed by atoms with Crippen LogP contribution in [0.15, 0.2) is 97.1 Å². The molecule has 1 aliphatic heterocycles. The van der Waals surface area contributed by atoms with Gasteiger partial charge in [-0.3, -0.25) is 95.9 Å². The number of benzene rings is 3. The molecule has 0 aromatic heterocycles. The smallest absolute Gasteiger partial charge is 0.305 e. The number of hydrogen-bond donors (Lipinski definition) is 22. The molecule has 1 aliphatic carbocycles. The second-order valence-corrected chi connectivity index (χ2v) is 35.1. The van der Waals surface area contributed by atoms with Crippen molar-refractivity contribution in [3.63, 3.8) is 0 Å². The van der Waals surface area contributed by atoms with Crippen LogP contribution in [-0.2, 0) is 109 Å². The quantitative estimate of drug-likeness (QED) is 0.0345. The molecule has 45 heteroatoms. The summed E-state index contributed by atoms with van der Waals surface area (Å²) in [6.45, 7) is 13.6. The predicted octanol–water partition coefficient (Wildman–Crippen LogP) is -3.61. The average Bonchev–Trinajstić information content (AvgIpc) is 0.818. The van der Waals surface area contributed by atoms with E-state index < -0.39 is 284 Å². The van der Waals surface area contributed by atoms with Crippen LogP contribution >= 0.6 is 35.3 Å². The van der Waals surface area contributed by atoms with Crippen LogP contribution in [0, 0.1) is 11.3 Å². The van der Waals surface area contributed by atoms with Gasteiger partial charge in [-0.1, -0.05) is 112 Å². The van der Waals surface area contributed by atoms with E-state index in [9.17, 15) is 121 Å². The van der Waals surface area contributed by atoms with Crippen LogP contribution in [0.25, 0.3) is 10.8 Å². The van der Waals surface area contributed by atoms with Crippen LogP contribution in [0.5, 0.6) is 0 Å². The van der Waals surface area contributed by atoms with Gasteiger partial charge in [0.25, 0.3) is 0 Å². The summed E-state index contributed by atoms with van der Waals surface area (Å²) in [5.41, 5.74) is 17.3. The minimum atomic E-state index is -2.19. The summed E-state index contributed by atoms with van der Waals surface area (Å²) in [4.78, 5) is 278. The molecule has 700 valence electrons. The molecule has 16 amide bonds. The van der Waals surface area contributed by atoms with E-state index in [2.05, 4.69) is 81.0 Å². The van der Waals surface area contributed by atoms with Crippen molar-refractivity contribution in [1.29, 1.82) is 0 Å². The highest BCUT2D eigenvalue weighted by atomic mass is 32.2. The maximum atomic E-state index is 14.9. The predicted molar refractivity (Wildman–Crippen MR) is 470 cm³/mol. The van der Waals surface area contributed by atoms with Gasteiger partial charge in [-0.2, -0.15) is 35.3 Å². The van der Waals surface area contributed by atoms with Crippen molar-refractivity contribution < 1.29 is 121 Å². The van der Waals surface area contributed by atoms with E-state index in [1.807, 2.05) is 0 Å². The Bertz CT molecular complexity index is 4570. The zero-order valence-corrected chi connectivity index (χ0v) is 74.1. The van der Waals surface area contributed by atoms with Crippen molar-refractivity contribution >= 4 is 164 Å². The van der Waals surface area contributed by atoms with Gasteiger partial charge in [-0.05, 0) is 98.6 Å². The minimum absolute atomic E-state index is 0.137. The lowest BCUT2D eigenvalue weighted by Crippen LogP contribution is -2.62. The van der Waals surface area contributed by atoms with Gasteiger partial charge in [0.2, 0.25) is 94.5 Å². The van der Waals surface area contributed by atoms with Crippen molar-refractivity contribution in [3.8, 4) is 0 Å². The molecular weight excluding hydrogens is 1730 g/mol. The van der Waals surface area contributed by atoms with Crippen LogP contribution in [0.1, 0.15) is 124 Å². The number of fused-ring (bicyclic) bond motifs is 1. The van der Waals surface area contributed by atoms with Crippen molar-refractivity contribution in [2.75, 3.05) is 34.5 Å². The molecule has 1 heterocycles. The number of aliphatic hydroxyl groups is 1. The second kappa shape index (κ2) is 52.2. The molecule has 1 unspecified atom stereocenters. The van der Waals surface area contributed by atoms with Gasteiger partial charge in [-0.15, -0.1) is 0 Å². The average molecular weight is 1850 g/mol. The van der Waals surface area contributed by atoms with Gasteiger partial charge in [-0.25, -0.2) is 0 Å². The molecular formula is C83H115N17O25S3. The van der Waals surface area contributed by atoms with Gasteiger partial charge in [0.05, 0.1) is 31.4 Å². The van der Waals surface area contributed by atoms with Gasteiger partial charge >= 0.3 is 23.9 Å². The molecule has 17 atom stereocenters. The molecule has 2 aliphatic rings. The molecule has 128 heavy (non-hydrogen) atoms. The van der Waals surface area contributed by atoms with Gasteiger partial charge in [0, 0.05) is 60.2 Å². The topological polar surface area (TPSA) is 689 Å². The number of aliphatic hydroxyl groups excluding tert-OH is 1. The highest BCUT2D eigenvalue weighted by Crippen LogP contribution is 2.32. The number of allylic oxidation sites excluding steroid dienone is 2. The van der Waals surface area contributed by atoms with E-state index >= 15 is 0 Å². The summed E-state index contributed by atoms with van der Waals surface area (Å²) in [5.74, 6) is -26.1. The zero-order chi connectivity index (χ0) is 95.4. The van der Waals surface area contributed by atoms with E-state index in [4.69, 9.17) is 17.2 Å². The normalized spacial score (nSPS) is 25.8. The number of nitrogens with one attached hydrogen (secondary N) is 14. The molecule has 42 nitrogen and oxygen atoms in total. The molecule has 0 spiro atoms. The summed E-state index contributed by atoms with van der Waals surface area (Å²) in [6.07, 6.45) is -5.16. The summed E-state index contributed by atoms with van der Waals surface area (Å²) in [6, 6.07) is -6.65. The van der Waals surface area contributed by atoms with Crippen molar-refractivity contribution in [2.45, 2.75) is 222 Å². The molecule has 0 radical (unpaired) electrons. The molecule has 25 N–H and O–H groups in total. The highest BCUT2D eigenvalue weighted by Gasteiger charge is 2.43. The summed E-state index contributed by atoms with van der Waals surface area (Å²) >= 11 is 3.18. The fourth-order valence-electron chi connectivity index (χ4n) is 12.9. The molecule has 0 bridgehead atoms. The third-order valence-electron chi connectivity index (χ3n) is 20.4. The Morgan fingerprint density at radius 1 is 0.516 bits per heavy atom. The second-order valence-electron chi connectivity index (χ2n) is 31.8. The molecule has 5 rings (SSSR count). The zero-order valence-electron chi connectivity index (χ0n) is 71.7. The first-order chi connectivity index (χ1) is 60.3. The van der Waals surface area contributed by atoms with Crippen molar-refractivity contribution in [2.24, 2.45) is 28.5 Å². The summed E-state index contributed by atoms with van der Waals surface area (Å²) in [7, 11) is 0. The first-order valence-corrected chi connectivity index (χ1v) is 44.4. The lowest BCUT2D eigenvalue weighted by molar-refractivity contribution is -0.143. The first kappa shape index (κ1) is 106.